The second-order valence-electron chi connectivity index (χ2n) is 4.66. The second kappa shape index (κ2) is 6.18. The summed E-state index contributed by atoms with van der Waals surface area (Å²) in [6, 6.07) is 6.09. The summed E-state index contributed by atoms with van der Waals surface area (Å²) >= 11 is 0. The number of aromatic nitrogens is 3. The van der Waals surface area contributed by atoms with Crippen LogP contribution < -0.4 is 11.1 Å². The Morgan fingerprint density at radius 2 is 2.15 bits per heavy atom. The number of anilines is 1. The van der Waals surface area contributed by atoms with E-state index in [0.717, 1.165) is 18.1 Å². The average molecular weight is 272 g/mol. The monoisotopic (exact) mass is 272 g/mol. The second-order valence-corrected chi connectivity index (χ2v) is 4.66. The molecule has 0 saturated heterocycles. The summed E-state index contributed by atoms with van der Waals surface area (Å²) in [6.07, 6.45) is 1.69. The Kier molecular flexibility index (Phi) is 4.34. The van der Waals surface area contributed by atoms with Crippen LogP contribution in [0.5, 0.6) is 0 Å². The Labute approximate surface area is 118 Å². The molecule has 2 aromatic rings. The van der Waals surface area contributed by atoms with Gasteiger partial charge in [0.15, 0.2) is 11.8 Å². The van der Waals surface area contributed by atoms with Gasteiger partial charge >= 0.3 is 0 Å². The predicted molar refractivity (Wildman–Crippen MR) is 80.6 cm³/mol. The Balaban J connectivity index is 2.02. The smallest absolute Gasteiger partial charge is 0.193 e. The summed E-state index contributed by atoms with van der Waals surface area (Å²) in [7, 11) is 0. The lowest BCUT2D eigenvalue weighted by molar-refractivity contribution is 0.699. The lowest BCUT2D eigenvalue weighted by Crippen LogP contribution is -2.23. The molecular formula is C14H20N6. The SMILES string of the molecule is CCn1cnnc1CN=C(N)Nc1ccc(C)c(C)c1. The van der Waals surface area contributed by atoms with E-state index in [1.54, 1.807) is 6.33 Å². The largest absolute Gasteiger partial charge is 0.370 e. The lowest BCUT2D eigenvalue weighted by Gasteiger charge is -2.08. The average Bonchev–Trinajstić information content (AvgIpc) is 2.88. The third kappa shape index (κ3) is 3.34. The molecule has 0 aliphatic carbocycles. The summed E-state index contributed by atoms with van der Waals surface area (Å²) in [4.78, 5) is 4.28. The highest BCUT2D eigenvalue weighted by Crippen LogP contribution is 2.13. The van der Waals surface area contributed by atoms with Crippen LogP contribution >= 0.6 is 0 Å². The number of aliphatic imine (C=N–C) groups is 1. The maximum atomic E-state index is 5.88. The molecule has 106 valence electrons. The van der Waals surface area contributed by atoms with Gasteiger partial charge in [-0.1, -0.05) is 6.07 Å². The van der Waals surface area contributed by atoms with Gasteiger partial charge < -0.3 is 15.6 Å². The first kappa shape index (κ1) is 14.0. The predicted octanol–water partition coefficient (Wildman–Crippen LogP) is 1.84. The van der Waals surface area contributed by atoms with Gasteiger partial charge in [0.25, 0.3) is 0 Å². The molecule has 0 aliphatic heterocycles. The number of hydrogen-bond donors (Lipinski definition) is 2. The van der Waals surface area contributed by atoms with Gasteiger partial charge in [0.1, 0.15) is 12.9 Å². The molecule has 2 rings (SSSR count). The molecule has 0 unspecified atom stereocenters. The molecule has 6 nitrogen and oxygen atoms in total. The summed E-state index contributed by atoms with van der Waals surface area (Å²) in [5, 5.41) is 11.0. The van der Waals surface area contributed by atoms with E-state index in [1.165, 1.54) is 11.1 Å². The van der Waals surface area contributed by atoms with Crippen molar-refractivity contribution in [3.8, 4) is 0 Å². The normalized spacial score (nSPS) is 11.7. The highest BCUT2D eigenvalue weighted by atomic mass is 15.3. The molecule has 0 fully saturated rings. The molecule has 0 saturated carbocycles. The number of guanidine groups is 1. The molecule has 0 bridgehead atoms. The third-order valence-electron chi connectivity index (χ3n) is 3.21. The first-order valence-electron chi connectivity index (χ1n) is 6.61. The van der Waals surface area contributed by atoms with Crippen LogP contribution in [0.1, 0.15) is 23.9 Å². The molecule has 1 aromatic heterocycles. The first-order valence-corrected chi connectivity index (χ1v) is 6.61. The highest BCUT2D eigenvalue weighted by Gasteiger charge is 2.02. The van der Waals surface area contributed by atoms with Crippen LogP contribution in [0.2, 0.25) is 0 Å². The quantitative estimate of drug-likeness (QED) is 0.657. The molecule has 3 N–H and O–H groups in total. The summed E-state index contributed by atoms with van der Waals surface area (Å²) in [5.74, 6) is 1.18. The summed E-state index contributed by atoms with van der Waals surface area (Å²) < 4.78 is 1.94. The Hall–Kier alpha value is -2.37. The molecule has 0 amide bonds. The summed E-state index contributed by atoms with van der Waals surface area (Å²) in [6.45, 7) is 7.42. The van der Waals surface area contributed by atoms with Crippen molar-refractivity contribution in [1.29, 1.82) is 0 Å². The molecule has 20 heavy (non-hydrogen) atoms. The Morgan fingerprint density at radius 3 is 2.85 bits per heavy atom. The Bertz CT molecular complexity index is 614. The molecule has 1 aromatic carbocycles. The van der Waals surface area contributed by atoms with E-state index >= 15 is 0 Å². The van der Waals surface area contributed by atoms with Gasteiger partial charge in [-0.05, 0) is 44.0 Å². The number of hydrogen-bond acceptors (Lipinski definition) is 3. The maximum Gasteiger partial charge on any atom is 0.193 e. The van der Waals surface area contributed by atoms with Crippen LogP contribution in [-0.4, -0.2) is 20.7 Å². The van der Waals surface area contributed by atoms with Crippen molar-refractivity contribution in [3.05, 3.63) is 41.5 Å². The van der Waals surface area contributed by atoms with E-state index in [4.69, 9.17) is 5.73 Å². The van der Waals surface area contributed by atoms with E-state index < -0.39 is 0 Å². The first-order chi connectivity index (χ1) is 9.60. The summed E-state index contributed by atoms with van der Waals surface area (Å²) in [5.41, 5.74) is 9.29. The fourth-order valence-electron chi connectivity index (χ4n) is 1.83. The topological polar surface area (TPSA) is 81.1 Å². The number of nitrogens with two attached hydrogens (primary N) is 1. The minimum absolute atomic E-state index is 0.374. The third-order valence-corrected chi connectivity index (χ3v) is 3.21. The van der Waals surface area contributed by atoms with Crippen LogP contribution in [0, 0.1) is 13.8 Å². The van der Waals surface area contributed by atoms with E-state index in [0.29, 0.717) is 12.5 Å². The molecule has 0 atom stereocenters. The zero-order chi connectivity index (χ0) is 14.5. The fraction of sp³-hybridized carbons (Fsp3) is 0.357. The Morgan fingerprint density at radius 1 is 1.35 bits per heavy atom. The lowest BCUT2D eigenvalue weighted by atomic mass is 10.1. The van der Waals surface area contributed by atoms with Crippen LogP contribution in [0.25, 0.3) is 0 Å². The van der Waals surface area contributed by atoms with Gasteiger partial charge in [-0.3, -0.25) is 0 Å². The zero-order valence-electron chi connectivity index (χ0n) is 12.1. The minimum Gasteiger partial charge on any atom is -0.370 e. The van der Waals surface area contributed by atoms with Crippen molar-refractivity contribution in [2.45, 2.75) is 33.9 Å². The minimum atomic E-state index is 0.374. The van der Waals surface area contributed by atoms with Crippen molar-refractivity contribution >= 4 is 11.6 Å². The molecular weight excluding hydrogens is 252 g/mol. The van der Waals surface area contributed by atoms with Crippen LogP contribution in [0.15, 0.2) is 29.5 Å². The van der Waals surface area contributed by atoms with Crippen molar-refractivity contribution < 1.29 is 0 Å². The van der Waals surface area contributed by atoms with Gasteiger partial charge in [-0.2, -0.15) is 0 Å². The number of rotatable bonds is 4. The number of aryl methyl sites for hydroxylation is 3. The molecule has 1 heterocycles. The van der Waals surface area contributed by atoms with Gasteiger partial charge in [0.2, 0.25) is 0 Å². The van der Waals surface area contributed by atoms with E-state index in [2.05, 4.69) is 40.4 Å². The van der Waals surface area contributed by atoms with Crippen molar-refractivity contribution in [3.63, 3.8) is 0 Å². The van der Waals surface area contributed by atoms with Crippen LogP contribution in [0.4, 0.5) is 5.69 Å². The number of nitrogens with zero attached hydrogens (tertiary/aromatic N) is 4. The van der Waals surface area contributed by atoms with E-state index in [-0.39, 0.29) is 0 Å². The van der Waals surface area contributed by atoms with Crippen molar-refractivity contribution in [2.24, 2.45) is 10.7 Å². The van der Waals surface area contributed by atoms with Gasteiger partial charge in [-0.15, -0.1) is 10.2 Å². The molecule has 0 radical (unpaired) electrons. The maximum absolute atomic E-state index is 5.88. The molecule has 0 spiro atoms. The van der Waals surface area contributed by atoms with Gasteiger partial charge in [0, 0.05) is 12.2 Å². The number of nitrogens with one attached hydrogen (secondary N) is 1. The fourth-order valence-corrected chi connectivity index (χ4v) is 1.83. The zero-order valence-corrected chi connectivity index (χ0v) is 12.1. The standard InChI is InChI=1S/C14H20N6/c1-4-20-9-17-19-13(20)8-16-14(15)18-12-6-5-10(2)11(3)7-12/h5-7,9H,4,8H2,1-3H3,(H3,15,16,18). The van der Waals surface area contributed by atoms with Crippen LogP contribution in [0.3, 0.4) is 0 Å². The van der Waals surface area contributed by atoms with E-state index in [1.807, 2.05) is 23.6 Å². The highest BCUT2D eigenvalue weighted by molar-refractivity contribution is 5.92. The van der Waals surface area contributed by atoms with E-state index in [9.17, 15) is 0 Å². The number of benzene rings is 1. The van der Waals surface area contributed by atoms with Crippen molar-refractivity contribution in [1.82, 2.24) is 14.8 Å². The van der Waals surface area contributed by atoms with Crippen LogP contribution in [-0.2, 0) is 13.1 Å². The van der Waals surface area contributed by atoms with Gasteiger partial charge in [-0.25, -0.2) is 4.99 Å². The van der Waals surface area contributed by atoms with Crippen molar-refractivity contribution in [2.75, 3.05) is 5.32 Å². The molecule has 0 aliphatic rings. The molecule has 6 heteroatoms. The van der Waals surface area contributed by atoms with Gasteiger partial charge in [0.05, 0.1) is 0 Å².